The third kappa shape index (κ3) is 3.46. The molecule has 1 aromatic rings. The third-order valence-electron chi connectivity index (χ3n) is 2.79. The number of aromatic nitrogens is 1. The Bertz CT molecular complexity index is 377. The second-order valence-corrected chi connectivity index (χ2v) is 7.40. The quantitative estimate of drug-likeness (QED) is 0.797. The lowest BCUT2D eigenvalue weighted by molar-refractivity contribution is 0.0813. The zero-order valence-corrected chi connectivity index (χ0v) is 12.5. The second kappa shape index (κ2) is 5.29. The average molecular weight is 271 g/mol. The summed E-state index contributed by atoms with van der Waals surface area (Å²) in [6, 6.07) is 0. The van der Waals surface area contributed by atoms with E-state index in [0.29, 0.717) is 5.92 Å². The lowest BCUT2D eigenvalue weighted by Crippen LogP contribution is -2.15. The first kappa shape index (κ1) is 13.4. The van der Waals surface area contributed by atoms with Gasteiger partial charge >= 0.3 is 0 Å². The molecule has 1 fully saturated rings. The smallest absolute Gasteiger partial charge is 0.103 e. The predicted molar refractivity (Wildman–Crippen MR) is 75.8 cm³/mol. The van der Waals surface area contributed by atoms with Gasteiger partial charge in [0, 0.05) is 11.7 Å². The molecule has 0 atom stereocenters. The van der Waals surface area contributed by atoms with Gasteiger partial charge in [-0.05, 0) is 38.9 Å². The van der Waals surface area contributed by atoms with Crippen LogP contribution in [0.4, 0.5) is 0 Å². The lowest BCUT2D eigenvalue weighted by Gasteiger charge is -2.16. The molecule has 1 N–H and O–H groups in total. The van der Waals surface area contributed by atoms with E-state index in [0.717, 1.165) is 10.6 Å². The van der Waals surface area contributed by atoms with Crippen molar-refractivity contribution in [3.05, 3.63) is 15.6 Å². The number of rotatable bonds is 6. The number of aliphatic hydroxyl groups is 1. The Labute approximate surface area is 112 Å². The minimum absolute atomic E-state index is 0.623. The Kier molecular flexibility index (Phi) is 4.16. The van der Waals surface area contributed by atoms with Gasteiger partial charge in [0.05, 0.1) is 16.2 Å². The van der Waals surface area contributed by atoms with Crippen molar-refractivity contribution < 1.29 is 5.11 Å². The standard InChI is InChI=1S/C13H21NOS2/c1-4-7-16-8-10-14-11(9-5-6-9)12(17-10)13(2,3)15/h9,15H,4-8H2,1-3H3. The monoisotopic (exact) mass is 271 g/mol. The van der Waals surface area contributed by atoms with E-state index in [1.165, 1.54) is 35.7 Å². The number of nitrogens with zero attached hydrogens (tertiary/aromatic N) is 1. The normalized spacial score (nSPS) is 16.5. The Morgan fingerprint density at radius 1 is 1.47 bits per heavy atom. The second-order valence-electron chi connectivity index (χ2n) is 5.21. The number of thiazole rings is 1. The molecular weight excluding hydrogens is 250 g/mol. The van der Waals surface area contributed by atoms with Crippen LogP contribution >= 0.6 is 23.1 Å². The molecular formula is C13H21NOS2. The van der Waals surface area contributed by atoms with Crippen LogP contribution in [0.3, 0.4) is 0 Å². The van der Waals surface area contributed by atoms with Crippen molar-refractivity contribution in [3.63, 3.8) is 0 Å². The zero-order valence-electron chi connectivity index (χ0n) is 10.8. The van der Waals surface area contributed by atoms with E-state index in [4.69, 9.17) is 4.98 Å². The van der Waals surface area contributed by atoms with Gasteiger partial charge in [-0.25, -0.2) is 4.98 Å². The SMILES string of the molecule is CCCSCc1nc(C2CC2)c(C(C)(C)O)s1. The Hall–Kier alpha value is -0.0600. The first-order valence-corrected chi connectivity index (χ1v) is 8.29. The Balaban J connectivity index is 2.13. The van der Waals surface area contributed by atoms with Crippen molar-refractivity contribution in [2.24, 2.45) is 0 Å². The van der Waals surface area contributed by atoms with Gasteiger partial charge in [-0.15, -0.1) is 11.3 Å². The highest BCUT2D eigenvalue weighted by atomic mass is 32.2. The Morgan fingerprint density at radius 3 is 2.71 bits per heavy atom. The summed E-state index contributed by atoms with van der Waals surface area (Å²) in [6.07, 6.45) is 3.70. The molecule has 1 aliphatic carbocycles. The van der Waals surface area contributed by atoms with Gasteiger partial charge in [-0.1, -0.05) is 6.92 Å². The first-order valence-electron chi connectivity index (χ1n) is 6.32. The molecule has 4 heteroatoms. The molecule has 96 valence electrons. The molecule has 0 unspecified atom stereocenters. The van der Waals surface area contributed by atoms with Crippen LogP contribution in [0, 0.1) is 0 Å². The van der Waals surface area contributed by atoms with Crippen LogP contribution in [0.1, 0.15) is 61.5 Å². The fourth-order valence-electron chi connectivity index (χ4n) is 1.82. The van der Waals surface area contributed by atoms with Gasteiger partial charge in [0.15, 0.2) is 0 Å². The highest BCUT2D eigenvalue weighted by molar-refractivity contribution is 7.98. The maximum absolute atomic E-state index is 10.2. The molecule has 0 saturated heterocycles. The summed E-state index contributed by atoms with van der Waals surface area (Å²) in [5.41, 5.74) is 0.443. The van der Waals surface area contributed by atoms with Gasteiger partial charge in [-0.3, -0.25) is 0 Å². The molecule has 2 nitrogen and oxygen atoms in total. The summed E-state index contributed by atoms with van der Waals surface area (Å²) in [6.45, 7) is 5.94. The van der Waals surface area contributed by atoms with Crippen LogP contribution < -0.4 is 0 Å². The molecule has 17 heavy (non-hydrogen) atoms. The zero-order chi connectivity index (χ0) is 12.5. The molecule has 2 rings (SSSR count). The topological polar surface area (TPSA) is 33.1 Å². The minimum Gasteiger partial charge on any atom is -0.385 e. The summed E-state index contributed by atoms with van der Waals surface area (Å²) in [7, 11) is 0. The van der Waals surface area contributed by atoms with Gasteiger partial charge in [0.1, 0.15) is 5.01 Å². The molecule has 0 spiro atoms. The summed E-state index contributed by atoms with van der Waals surface area (Å²) >= 11 is 3.64. The molecule has 1 saturated carbocycles. The van der Waals surface area contributed by atoms with Crippen LogP contribution in [-0.2, 0) is 11.4 Å². The molecule has 0 amide bonds. The molecule has 0 aliphatic heterocycles. The van der Waals surface area contributed by atoms with Crippen LogP contribution in [0.25, 0.3) is 0 Å². The average Bonchev–Trinajstić information content (AvgIpc) is 2.99. The fraction of sp³-hybridized carbons (Fsp3) is 0.769. The van der Waals surface area contributed by atoms with E-state index < -0.39 is 5.60 Å². The molecule has 1 aliphatic rings. The third-order valence-corrected chi connectivity index (χ3v) is 5.53. The van der Waals surface area contributed by atoms with Crippen molar-refractivity contribution in [2.45, 2.75) is 57.3 Å². The van der Waals surface area contributed by atoms with E-state index in [-0.39, 0.29) is 0 Å². The van der Waals surface area contributed by atoms with Crippen molar-refractivity contribution >= 4 is 23.1 Å². The van der Waals surface area contributed by atoms with E-state index in [1.807, 2.05) is 25.6 Å². The number of thioether (sulfide) groups is 1. The summed E-state index contributed by atoms with van der Waals surface area (Å²) in [5.74, 6) is 2.81. The summed E-state index contributed by atoms with van der Waals surface area (Å²) in [4.78, 5) is 5.84. The number of hydrogen-bond acceptors (Lipinski definition) is 4. The first-order chi connectivity index (χ1) is 8.02. The largest absolute Gasteiger partial charge is 0.385 e. The summed E-state index contributed by atoms with van der Waals surface area (Å²) < 4.78 is 0. The maximum Gasteiger partial charge on any atom is 0.103 e. The van der Waals surface area contributed by atoms with Gasteiger partial charge in [-0.2, -0.15) is 11.8 Å². The van der Waals surface area contributed by atoms with Gasteiger partial charge in [0.25, 0.3) is 0 Å². The molecule has 0 aromatic carbocycles. The van der Waals surface area contributed by atoms with Crippen LogP contribution in [0.2, 0.25) is 0 Å². The highest BCUT2D eigenvalue weighted by Crippen LogP contribution is 2.45. The molecule has 1 aromatic heterocycles. The molecule has 1 heterocycles. The van der Waals surface area contributed by atoms with Crippen molar-refractivity contribution in [2.75, 3.05) is 5.75 Å². The highest BCUT2D eigenvalue weighted by Gasteiger charge is 2.34. The number of hydrogen-bond donors (Lipinski definition) is 1. The van der Waals surface area contributed by atoms with E-state index in [9.17, 15) is 5.11 Å². The summed E-state index contributed by atoms with van der Waals surface area (Å²) in [5, 5.41) is 11.4. The van der Waals surface area contributed by atoms with E-state index >= 15 is 0 Å². The van der Waals surface area contributed by atoms with Crippen molar-refractivity contribution in [3.8, 4) is 0 Å². The van der Waals surface area contributed by atoms with Gasteiger partial charge < -0.3 is 5.11 Å². The maximum atomic E-state index is 10.2. The van der Waals surface area contributed by atoms with Crippen LogP contribution in [0.15, 0.2) is 0 Å². The fourth-order valence-corrected chi connectivity index (χ4v) is 3.92. The lowest BCUT2D eigenvalue weighted by atomic mass is 10.0. The predicted octanol–water partition coefficient (Wildman–Crippen LogP) is 3.89. The van der Waals surface area contributed by atoms with Gasteiger partial charge in [0.2, 0.25) is 0 Å². The molecule has 0 radical (unpaired) electrons. The van der Waals surface area contributed by atoms with Crippen LogP contribution in [-0.4, -0.2) is 15.8 Å². The van der Waals surface area contributed by atoms with Crippen molar-refractivity contribution in [1.82, 2.24) is 4.98 Å². The minimum atomic E-state index is -0.733. The molecule has 0 bridgehead atoms. The van der Waals surface area contributed by atoms with Crippen molar-refractivity contribution in [1.29, 1.82) is 0 Å². The Morgan fingerprint density at radius 2 is 2.18 bits per heavy atom. The van der Waals surface area contributed by atoms with E-state index in [2.05, 4.69) is 6.92 Å². The van der Waals surface area contributed by atoms with E-state index in [1.54, 1.807) is 11.3 Å². The van der Waals surface area contributed by atoms with Crippen LogP contribution in [0.5, 0.6) is 0 Å².